The molecule has 2 heterocycles. The van der Waals surface area contributed by atoms with Gasteiger partial charge in [0.25, 0.3) is 0 Å². The lowest BCUT2D eigenvalue weighted by Gasteiger charge is -2.25. The molecule has 0 aliphatic carbocycles. The first-order valence-corrected chi connectivity index (χ1v) is 12.7. The van der Waals surface area contributed by atoms with Crippen LogP contribution < -0.4 is 10.2 Å². The van der Waals surface area contributed by atoms with Crippen molar-refractivity contribution in [3.05, 3.63) is 48.5 Å². The van der Waals surface area contributed by atoms with Gasteiger partial charge in [-0.05, 0) is 43.2 Å². The molecule has 31 heavy (non-hydrogen) atoms. The second kappa shape index (κ2) is 9.02. The lowest BCUT2D eigenvalue weighted by molar-refractivity contribution is -0.123. The molecule has 0 spiro atoms. The van der Waals surface area contributed by atoms with E-state index in [4.69, 9.17) is 0 Å². The molecule has 0 bridgehead atoms. The fourth-order valence-electron chi connectivity index (χ4n) is 3.77. The van der Waals surface area contributed by atoms with Crippen LogP contribution in [0.2, 0.25) is 0 Å². The minimum absolute atomic E-state index is 0.157. The van der Waals surface area contributed by atoms with Crippen molar-refractivity contribution in [1.29, 1.82) is 0 Å². The number of thioether (sulfide) groups is 1. The summed E-state index contributed by atoms with van der Waals surface area (Å²) in [7, 11) is -3.63. The van der Waals surface area contributed by atoms with E-state index in [1.165, 1.54) is 21.0 Å². The molecule has 0 aromatic heterocycles. The van der Waals surface area contributed by atoms with Gasteiger partial charge in [-0.3, -0.25) is 9.59 Å². The highest BCUT2D eigenvalue weighted by Crippen LogP contribution is 2.38. The summed E-state index contributed by atoms with van der Waals surface area (Å²) in [4.78, 5) is 28.2. The van der Waals surface area contributed by atoms with Gasteiger partial charge < -0.3 is 10.2 Å². The van der Waals surface area contributed by atoms with E-state index < -0.39 is 10.0 Å². The highest BCUT2D eigenvalue weighted by atomic mass is 32.2. The minimum Gasteiger partial charge on any atom is -0.325 e. The van der Waals surface area contributed by atoms with Gasteiger partial charge >= 0.3 is 0 Å². The number of para-hydroxylation sites is 1. The summed E-state index contributed by atoms with van der Waals surface area (Å²) < 4.78 is 27.6. The maximum atomic E-state index is 13.1. The number of benzene rings is 2. The summed E-state index contributed by atoms with van der Waals surface area (Å²) in [5.41, 5.74) is 1.12. The van der Waals surface area contributed by atoms with Crippen LogP contribution >= 0.6 is 11.8 Å². The Kier molecular flexibility index (Phi) is 6.36. The summed E-state index contributed by atoms with van der Waals surface area (Å²) in [6.07, 6.45) is 1.70. The number of fused-ring (bicyclic) bond motifs is 1. The van der Waals surface area contributed by atoms with Crippen molar-refractivity contribution in [3.63, 3.8) is 0 Å². The Morgan fingerprint density at radius 3 is 2.55 bits per heavy atom. The highest BCUT2D eigenvalue weighted by Gasteiger charge is 2.33. The Hall–Kier alpha value is -2.36. The number of hydrogen-bond acceptors (Lipinski definition) is 5. The number of anilines is 2. The van der Waals surface area contributed by atoms with E-state index in [1.807, 2.05) is 25.1 Å². The first-order chi connectivity index (χ1) is 14.9. The number of carbonyl (C=O) groups is 2. The van der Waals surface area contributed by atoms with Crippen LogP contribution in [0.3, 0.4) is 0 Å². The van der Waals surface area contributed by atoms with Crippen molar-refractivity contribution in [2.45, 2.75) is 29.6 Å². The summed E-state index contributed by atoms with van der Waals surface area (Å²) in [5.74, 6) is -0.246. The Balaban J connectivity index is 1.66. The SMILES string of the molecule is C[C@H]1CSc2ccc(S(=O)(=O)N3CCCC3)cc2N(CC(=O)Nc2ccccc2)C1=O. The molecule has 7 nitrogen and oxygen atoms in total. The number of sulfonamides is 1. The lowest BCUT2D eigenvalue weighted by atomic mass is 10.1. The van der Waals surface area contributed by atoms with Gasteiger partial charge in [0.2, 0.25) is 21.8 Å². The molecule has 1 N–H and O–H groups in total. The third-order valence-corrected chi connectivity index (χ3v) is 8.68. The molecule has 4 rings (SSSR count). The monoisotopic (exact) mass is 459 g/mol. The third kappa shape index (κ3) is 4.63. The van der Waals surface area contributed by atoms with Crippen molar-refractivity contribution in [2.24, 2.45) is 5.92 Å². The zero-order valence-electron chi connectivity index (χ0n) is 17.3. The van der Waals surface area contributed by atoms with Crippen LogP contribution in [0.1, 0.15) is 19.8 Å². The molecule has 2 aliphatic rings. The van der Waals surface area contributed by atoms with E-state index in [9.17, 15) is 18.0 Å². The quantitative estimate of drug-likeness (QED) is 0.742. The summed E-state index contributed by atoms with van der Waals surface area (Å²) in [5, 5.41) is 2.80. The van der Waals surface area contributed by atoms with Gasteiger partial charge in [0.1, 0.15) is 6.54 Å². The van der Waals surface area contributed by atoms with Crippen molar-refractivity contribution >= 4 is 45.0 Å². The van der Waals surface area contributed by atoms with Crippen LogP contribution in [0, 0.1) is 5.92 Å². The maximum Gasteiger partial charge on any atom is 0.244 e. The van der Waals surface area contributed by atoms with Crippen molar-refractivity contribution < 1.29 is 18.0 Å². The predicted molar refractivity (Wildman–Crippen MR) is 122 cm³/mol. The smallest absolute Gasteiger partial charge is 0.244 e. The van der Waals surface area contributed by atoms with E-state index in [2.05, 4.69) is 5.32 Å². The van der Waals surface area contributed by atoms with Gasteiger partial charge in [0, 0.05) is 35.3 Å². The first-order valence-electron chi connectivity index (χ1n) is 10.3. The number of nitrogens with one attached hydrogen (secondary N) is 1. The van der Waals surface area contributed by atoms with Crippen LogP contribution in [0.15, 0.2) is 58.3 Å². The van der Waals surface area contributed by atoms with E-state index >= 15 is 0 Å². The van der Waals surface area contributed by atoms with Crippen molar-refractivity contribution in [2.75, 3.05) is 35.6 Å². The summed E-state index contributed by atoms with van der Waals surface area (Å²) in [6.45, 7) is 2.66. The average Bonchev–Trinajstić information content (AvgIpc) is 3.28. The number of hydrogen-bond donors (Lipinski definition) is 1. The van der Waals surface area contributed by atoms with E-state index in [1.54, 1.807) is 30.3 Å². The normalized spacial score (nSPS) is 19.7. The molecule has 0 unspecified atom stereocenters. The van der Waals surface area contributed by atoms with Crippen molar-refractivity contribution in [3.8, 4) is 0 Å². The Morgan fingerprint density at radius 2 is 1.84 bits per heavy atom. The van der Waals surface area contributed by atoms with Gasteiger partial charge in [-0.25, -0.2) is 8.42 Å². The van der Waals surface area contributed by atoms with Crippen LogP contribution in [-0.2, 0) is 19.6 Å². The molecular weight excluding hydrogens is 434 g/mol. The Labute approximate surface area is 186 Å². The third-order valence-electron chi connectivity index (χ3n) is 5.46. The average molecular weight is 460 g/mol. The van der Waals surface area contributed by atoms with Gasteiger partial charge in [0.05, 0.1) is 10.6 Å². The molecule has 2 aromatic carbocycles. The largest absolute Gasteiger partial charge is 0.325 e. The number of carbonyl (C=O) groups excluding carboxylic acids is 2. The first kappa shape index (κ1) is 21.9. The van der Waals surface area contributed by atoms with Gasteiger partial charge in [-0.1, -0.05) is 25.1 Å². The molecule has 1 atom stereocenters. The van der Waals surface area contributed by atoms with Gasteiger partial charge in [0.15, 0.2) is 0 Å². The molecule has 9 heteroatoms. The predicted octanol–water partition coefficient (Wildman–Crippen LogP) is 3.18. The summed E-state index contributed by atoms with van der Waals surface area (Å²) in [6, 6.07) is 13.9. The lowest BCUT2D eigenvalue weighted by Crippen LogP contribution is -2.41. The minimum atomic E-state index is -3.63. The molecule has 1 fully saturated rings. The molecule has 0 saturated carbocycles. The van der Waals surface area contributed by atoms with E-state index in [0.717, 1.165) is 17.7 Å². The number of rotatable bonds is 5. The second-order valence-corrected chi connectivity index (χ2v) is 10.8. The number of nitrogens with zero attached hydrogens (tertiary/aromatic N) is 2. The molecule has 1 saturated heterocycles. The fourth-order valence-corrected chi connectivity index (χ4v) is 6.36. The maximum absolute atomic E-state index is 13.1. The Bertz CT molecular complexity index is 1080. The molecule has 2 aliphatic heterocycles. The van der Waals surface area contributed by atoms with E-state index in [0.29, 0.717) is 30.2 Å². The topological polar surface area (TPSA) is 86.8 Å². The van der Waals surface area contributed by atoms with Gasteiger partial charge in [-0.2, -0.15) is 4.31 Å². The van der Waals surface area contributed by atoms with Crippen LogP contribution in [0.5, 0.6) is 0 Å². The summed E-state index contributed by atoms with van der Waals surface area (Å²) >= 11 is 1.51. The molecule has 0 radical (unpaired) electrons. The number of amides is 2. The zero-order valence-corrected chi connectivity index (χ0v) is 18.9. The van der Waals surface area contributed by atoms with Crippen LogP contribution in [0.25, 0.3) is 0 Å². The zero-order chi connectivity index (χ0) is 22.0. The van der Waals surface area contributed by atoms with Crippen molar-refractivity contribution in [1.82, 2.24) is 4.31 Å². The van der Waals surface area contributed by atoms with Crippen LogP contribution in [0.4, 0.5) is 11.4 Å². The second-order valence-electron chi connectivity index (χ2n) is 7.79. The highest BCUT2D eigenvalue weighted by molar-refractivity contribution is 7.99. The molecule has 2 amide bonds. The molecule has 164 valence electrons. The molecule has 2 aromatic rings. The Morgan fingerprint density at radius 1 is 1.13 bits per heavy atom. The van der Waals surface area contributed by atoms with Gasteiger partial charge in [-0.15, -0.1) is 11.8 Å². The van der Waals surface area contributed by atoms with E-state index in [-0.39, 0.29) is 29.2 Å². The fraction of sp³-hybridized carbons (Fsp3) is 0.364. The standard InChI is InChI=1S/C22H25N3O4S2/c1-16-15-30-20-10-9-18(31(28,29)24-11-5-6-12-24)13-19(20)25(22(16)27)14-21(26)23-17-7-3-2-4-8-17/h2-4,7-10,13,16H,5-6,11-12,14-15H2,1H3,(H,23,26)/t16-/m0/s1. The molecular formula is C22H25N3O4S2. The van der Waals surface area contributed by atoms with Crippen LogP contribution in [-0.4, -0.2) is 49.9 Å².